The van der Waals surface area contributed by atoms with Crippen molar-refractivity contribution in [1.82, 2.24) is 42.5 Å². The Kier molecular flexibility index (Phi) is 12.7. The molecule has 2 saturated heterocycles. The van der Waals surface area contributed by atoms with Gasteiger partial charge in [-0.3, -0.25) is 29.4 Å². The zero-order valence-electron chi connectivity index (χ0n) is 26.9. The molecule has 50 heavy (non-hydrogen) atoms. The molecule has 1 unspecified atom stereocenters. The average Bonchev–Trinajstić information content (AvgIpc) is 3.09. The van der Waals surface area contributed by atoms with Crippen LogP contribution >= 0.6 is 11.6 Å². The first-order valence-corrected chi connectivity index (χ1v) is 15.9. The van der Waals surface area contributed by atoms with Gasteiger partial charge in [0.05, 0.1) is 6.04 Å². The summed E-state index contributed by atoms with van der Waals surface area (Å²) in [6.45, 7) is 0.887. The third-order valence-electron chi connectivity index (χ3n) is 7.66. The van der Waals surface area contributed by atoms with Gasteiger partial charge in [0.2, 0.25) is 23.6 Å². The van der Waals surface area contributed by atoms with Crippen molar-refractivity contribution in [2.45, 2.75) is 43.6 Å². The molecule has 0 saturated carbocycles. The molecule has 0 radical (unpaired) electrons. The predicted octanol–water partition coefficient (Wildman–Crippen LogP) is -2.14. The Labute approximate surface area is 291 Å². The van der Waals surface area contributed by atoms with Crippen LogP contribution in [0.3, 0.4) is 0 Å². The van der Waals surface area contributed by atoms with Gasteiger partial charge in [-0.25, -0.2) is 4.79 Å². The van der Waals surface area contributed by atoms with Crippen molar-refractivity contribution < 1.29 is 28.8 Å². The van der Waals surface area contributed by atoms with Gasteiger partial charge in [0.1, 0.15) is 29.9 Å². The third-order valence-corrected chi connectivity index (χ3v) is 7.91. The van der Waals surface area contributed by atoms with Gasteiger partial charge in [-0.1, -0.05) is 35.9 Å². The Balaban J connectivity index is 1.61. The maximum Gasteiger partial charge on any atom is 0.323 e. The van der Waals surface area contributed by atoms with Crippen LogP contribution in [0.4, 0.5) is 10.5 Å². The van der Waals surface area contributed by atoms with Gasteiger partial charge in [-0.2, -0.15) is 0 Å². The lowest BCUT2D eigenvalue weighted by molar-refractivity contribution is -0.132. The molecular formula is C31H39ClN12O6. The van der Waals surface area contributed by atoms with Crippen molar-refractivity contribution in [3.8, 4) is 11.1 Å². The van der Waals surface area contributed by atoms with Crippen molar-refractivity contribution in [2.75, 3.05) is 25.0 Å². The fourth-order valence-electron chi connectivity index (χ4n) is 4.91. The number of carbonyl (C=O) groups is 6. The molecule has 2 aliphatic heterocycles. The van der Waals surface area contributed by atoms with E-state index in [1.54, 1.807) is 30.3 Å². The molecule has 2 aromatic carbocycles. The second-order valence-corrected chi connectivity index (χ2v) is 11.8. The number of nitrogens with two attached hydrogens (primary N) is 2. The van der Waals surface area contributed by atoms with Gasteiger partial charge in [0.25, 0.3) is 5.91 Å². The maximum atomic E-state index is 13.7. The molecule has 0 aliphatic carbocycles. The highest BCUT2D eigenvalue weighted by Gasteiger charge is 2.35. The molecule has 0 spiro atoms. The van der Waals surface area contributed by atoms with Gasteiger partial charge < -0.3 is 59.3 Å². The number of rotatable bonds is 5. The number of urea groups is 1. The molecule has 266 valence electrons. The normalized spacial score (nSPS) is 24.7. The van der Waals surface area contributed by atoms with Crippen LogP contribution in [-0.2, 0) is 24.0 Å². The van der Waals surface area contributed by atoms with Crippen LogP contribution in [0, 0.1) is 5.41 Å². The highest BCUT2D eigenvalue weighted by atomic mass is 35.5. The fraction of sp³-hybridized carbons (Fsp3) is 0.323. The van der Waals surface area contributed by atoms with Crippen LogP contribution in [0.5, 0.6) is 0 Å². The zero-order valence-corrected chi connectivity index (χ0v) is 27.6. The number of hydrogen-bond donors (Lipinski definition) is 12. The number of carbonyl (C=O) groups excluding carboxylic acids is 6. The second kappa shape index (κ2) is 17.1. The first kappa shape index (κ1) is 37.1. The summed E-state index contributed by atoms with van der Waals surface area (Å²) in [6.07, 6.45) is 1.20. The van der Waals surface area contributed by atoms with Gasteiger partial charge in [-0.15, -0.1) is 0 Å². The fourth-order valence-corrected chi connectivity index (χ4v) is 5.03. The summed E-state index contributed by atoms with van der Waals surface area (Å²) in [5, 5.41) is 31.3. The predicted molar refractivity (Wildman–Crippen MR) is 184 cm³/mol. The SMILES string of the molecule is C[C@@H]1NC(=O)[C@@H](N)CNC(=O)[C@H](C2CCNC(=N)N2)NC(=O)/C(=C/NC(=O)Nc2cccc(-c3ccc(Cl)cc3)c2)NC(=O)[C@H](CN)NC1=O. The van der Waals surface area contributed by atoms with E-state index in [9.17, 15) is 28.8 Å². The number of hydrogen-bond acceptors (Lipinski definition) is 9. The van der Waals surface area contributed by atoms with E-state index < -0.39 is 78.0 Å². The van der Waals surface area contributed by atoms with E-state index >= 15 is 0 Å². The summed E-state index contributed by atoms with van der Waals surface area (Å²) < 4.78 is 0. The number of guanidine groups is 1. The molecule has 0 aromatic heterocycles. The van der Waals surface area contributed by atoms with Crippen molar-refractivity contribution in [2.24, 2.45) is 11.5 Å². The van der Waals surface area contributed by atoms with Crippen LogP contribution in [0.15, 0.2) is 60.4 Å². The van der Waals surface area contributed by atoms with E-state index in [0.29, 0.717) is 17.3 Å². The topological polar surface area (TPSA) is 287 Å². The Morgan fingerprint density at radius 2 is 1.68 bits per heavy atom. The molecule has 19 heteroatoms. The summed E-state index contributed by atoms with van der Waals surface area (Å²) in [7, 11) is 0. The summed E-state index contributed by atoms with van der Waals surface area (Å²) in [5.41, 5.74) is 13.2. The minimum absolute atomic E-state index is 0.0930. The average molecular weight is 711 g/mol. The molecule has 2 heterocycles. The first-order valence-electron chi connectivity index (χ1n) is 15.5. The van der Waals surface area contributed by atoms with E-state index in [-0.39, 0.29) is 18.9 Å². The standard InChI is InChI=1S/C31H39ClN12O6/c1-15-25(45)41-22(12-33)27(47)42-23(14-38-31(50)40-19-4-2-3-17(11-19)16-5-7-18(32)8-6-16)28(48)44-24(21-9-10-36-30(35)43-21)29(49)37-13-20(34)26(46)39-15/h2-8,11,14-15,20-22,24H,9-10,12-13,33-34H2,1H3,(H,37,49)(H,39,46)(H,41,45)(H,42,47)(H,44,48)(H3,35,36,43)(H2,38,40,50)/b23-14-/t15-,20-,21?,22-,24-/m0/s1. The lowest BCUT2D eigenvalue weighted by Crippen LogP contribution is -2.64. The van der Waals surface area contributed by atoms with Gasteiger partial charge in [-0.05, 0) is 48.7 Å². The van der Waals surface area contributed by atoms with Crippen molar-refractivity contribution in [3.05, 3.63) is 65.5 Å². The van der Waals surface area contributed by atoms with Gasteiger partial charge >= 0.3 is 6.03 Å². The Hall–Kier alpha value is -5.72. The Morgan fingerprint density at radius 1 is 0.940 bits per heavy atom. The van der Waals surface area contributed by atoms with E-state index in [0.717, 1.165) is 17.3 Å². The van der Waals surface area contributed by atoms with E-state index in [1.165, 1.54) is 6.92 Å². The Morgan fingerprint density at radius 3 is 2.38 bits per heavy atom. The van der Waals surface area contributed by atoms with Gasteiger partial charge in [0, 0.05) is 36.5 Å². The first-order chi connectivity index (χ1) is 23.8. The highest BCUT2D eigenvalue weighted by molar-refractivity contribution is 6.30. The number of benzene rings is 2. The lowest BCUT2D eigenvalue weighted by atomic mass is 10.0. The monoisotopic (exact) mass is 710 g/mol. The van der Waals surface area contributed by atoms with Crippen LogP contribution in [0.1, 0.15) is 13.3 Å². The second-order valence-electron chi connectivity index (χ2n) is 11.4. The van der Waals surface area contributed by atoms with E-state index in [2.05, 4.69) is 47.9 Å². The zero-order chi connectivity index (χ0) is 36.4. The van der Waals surface area contributed by atoms with E-state index in [1.807, 2.05) is 18.2 Å². The Bertz CT molecular complexity index is 1670. The molecule has 2 aliphatic rings. The molecule has 4 rings (SSSR count). The molecule has 0 bridgehead atoms. The quantitative estimate of drug-likeness (QED) is 0.150. The minimum Gasteiger partial charge on any atom is -0.357 e. The van der Waals surface area contributed by atoms with Crippen molar-refractivity contribution >= 4 is 58.8 Å². The molecule has 18 nitrogen and oxygen atoms in total. The smallest absolute Gasteiger partial charge is 0.323 e. The van der Waals surface area contributed by atoms with Crippen LogP contribution in [-0.4, -0.2) is 91.4 Å². The van der Waals surface area contributed by atoms with Crippen molar-refractivity contribution in [1.29, 1.82) is 5.41 Å². The summed E-state index contributed by atoms with van der Waals surface area (Å²) >= 11 is 5.99. The van der Waals surface area contributed by atoms with Crippen molar-refractivity contribution in [3.63, 3.8) is 0 Å². The number of halogens is 1. The maximum absolute atomic E-state index is 13.7. The van der Waals surface area contributed by atoms with Gasteiger partial charge in [0.15, 0.2) is 5.96 Å². The van der Waals surface area contributed by atoms with Crippen LogP contribution in [0.25, 0.3) is 11.1 Å². The van der Waals surface area contributed by atoms with Crippen LogP contribution in [0.2, 0.25) is 5.02 Å². The molecule has 14 N–H and O–H groups in total. The third kappa shape index (κ3) is 10.1. The number of anilines is 1. The lowest BCUT2D eigenvalue weighted by Gasteiger charge is -2.33. The van der Waals surface area contributed by atoms with E-state index in [4.69, 9.17) is 28.5 Å². The van der Waals surface area contributed by atoms with Crippen LogP contribution < -0.4 is 59.3 Å². The molecule has 2 fully saturated rings. The number of nitrogens with one attached hydrogen (secondary N) is 10. The molecule has 5 atom stereocenters. The molecular weight excluding hydrogens is 672 g/mol. The highest BCUT2D eigenvalue weighted by Crippen LogP contribution is 2.24. The largest absolute Gasteiger partial charge is 0.357 e. The minimum atomic E-state index is -1.38. The number of amides is 7. The summed E-state index contributed by atoms with van der Waals surface area (Å²) in [6, 6.07) is 7.29. The molecule has 7 amide bonds. The summed E-state index contributed by atoms with van der Waals surface area (Å²) in [5.74, 6) is -4.35. The summed E-state index contributed by atoms with van der Waals surface area (Å²) in [4.78, 5) is 78.7. The molecule has 2 aromatic rings.